The molecule has 0 fully saturated rings. The lowest BCUT2D eigenvalue weighted by molar-refractivity contribution is -0.386. The van der Waals surface area contributed by atoms with Gasteiger partial charge in [0.25, 0.3) is 0 Å². The summed E-state index contributed by atoms with van der Waals surface area (Å²) in [5.74, 6) is -0.327. The molecule has 0 saturated heterocycles. The van der Waals surface area contributed by atoms with Gasteiger partial charge in [-0.15, -0.1) is 19.0 Å². The highest BCUT2D eigenvalue weighted by molar-refractivity contribution is 5.85. The maximum atomic E-state index is 10.8. The normalized spacial score (nSPS) is 11.4. The molecule has 3 N–H and O–H groups in total. The molecule has 0 heterocycles. The van der Waals surface area contributed by atoms with Crippen LogP contribution in [-0.4, -0.2) is 10.0 Å². The van der Waals surface area contributed by atoms with Crippen molar-refractivity contribution in [3.05, 3.63) is 46.0 Å². The van der Waals surface area contributed by atoms with E-state index in [2.05, 4.69) is 6.58 Å². The van der Waals surface area contributed by atoms with Crippen molar-refractivity contribution in [2.24, 2.45) is 5.73 Å². The topological polar surface area (TPSA) is 89.4 Å². The zero-order valence-electron chi connectivity index (χ0n) is 10.1. The maximum Gasteiger partial charge on any atom is 0.313 e. The Balaban J connectivity index is 0.00000289. The third-order valence-electron chi connectivity index (χ3n) is 2.65. The minimum atomic E-state index is -0.589. The Morgan fingerprint density at radius 3 is 2.72 bits per heavy atom. The number of phenolic OH excluding ortho intramolecular Hbond substituents is 1. The van der Waals surface area contributed by atoms with Crippen LogP contribution >= 0.6 is 12.4 Å². The lowest BCUT2D eigenvalue weighted by Gasteiger charge is -2.13. The number of nitro benzene ring substituents is 1. The van der Waals surface area contributed by atoms with Crippen molar-refractivity contribution in [2.75, 3.05) is 0 Å². The predicted octanol–water partition coefficient (Wildman–Crippen LogP) is 3.00. The minimum absolute atomic E-state index is 0. The molecule has 0 aliphatic carbocycles. The molecule has 1 aromatic carbocycles. The third kappa shape index (κ3) is 3.45. The van der Waals surface area contributed by atoms with Crippen LogP contribution in [0.4, 0.5) is 5.69 Å². The number of allylic oxidation sites excluding steroid dienone is 1. The molecule has 1 atom stereocenters. The van der Waals surface area contributed by atoms with E-state index in [1.807, 2.05) is 0 Å². The summed E-state index contributed by atoms with van der Waals surface area (Å²) >= 11 is 0. The van der Waals surface area contributed by atoms with E-state index in [0.717, 1.165) is 0 Å². The molecule has 0 saturated carbocycles. The van der Waals surface area contributed by atoms with Crippen LogP contribution in [0.3, 0.4) is 0 Å². The van der Waals surface area contributed by atoms with Crippen molar-refractivity contribution in [3.8, 4) is 5.75 Å². The number of aromatic hydroxyl groups is 1. The highest BCUT2D eigenvalue weighted by atomic mass is 35.5. The van der Waals surface area contributed by atoms with Crippen molar-refractivity contribution in [1.29, 1.82) is 0 Å². The molecule has 0 aliphatic heterocycles. The Morgan fingerprint density at radius 1 is 1.61 bits per heavy atom. The van der Waals surface area contributed by atoms with Crippen LogP contribution in [0.15, 0.2) is 24.8 Å². The number of hydrogen-bond donors (Lipinski definition) is 2. The van der Waals surface area contributed by atoms with Gasteiger partial charge in [-0.25, -0.2) is 0 Å². The van der Waals surface area contributed by atoms with Gasteiger partial charge in [0.1, 0.15) is 0 Å². The van der Waals surface area contributed by atoms with Gasteiger partial charge in [0.05, 0.1) is 4.92 Å². The van der Waals surface area contributed by atoms with Crippen LogP contribution in [0.5, 0.6) is 5.75 Å². The third-order valence-corrected chi connectivity index (χ3v) is 2.65. The maximum absolute atomic E-state index is 10.8. The molecule has 6 heteroatoms. The van der Waals surface area contributed by atoms with Gasteiger partial charge in [-0.1, -0.05) is 18.2 Å². The zero-order chi connectivity index (χ0) is 13.0. The summed E-state index contributed by atoms with van der Waals surface area (Å²) in [7, 11) is 0. The van der Waals surface area contributed by atoms with E-state index in [-0.39, 0.29) is 23.8 Å². The molecule has 1 rings (SSSR count). The standard InChI is InChI=1S/C12H16N2O3.ClH/c1-3-4-5-10(13)9-7-6-8(2)11(12(9)15)14(16)17;/h3,6-7,10,15H,1,4-5,13H2,2H3;1H/t10-;/m0./s1. The summed E-state index contributed by atoms with van der Waals surface area (Å²) < 4.78 is 0. The molecule has 0 amide bonds. The van der Waals surface area contributed by atoms with E-state index in [0.29, 0.717) is 24.0 Å². The average Bonchev–Trinajstić information content (AvgIpc) is 2.25. The molecule has 5 nitrogen and oxygen atoms in total. The number of nitro groups is 1. The average molecular weight is 273 g/mol. The SMILES string of the molecule is C=CCC[C@H](N)c1ccc(C)c([N+](=O)[O-])c1O.Cl. The lowest BCUT2D eigenvalue weighted by atomic mass is 9.99. The molecule has 0 unspecified atom stereocenters. The first kappa shape index (κ1) is 16.4. The van der Waals surface area contributed by atoms with Crippen molar-refractivity contribution >= 4 is 18.1 Å². The minimum Gasteiger partial charge on any atom is -0.502 e. The zero-order valence-corrected chi connectivity index (χ0v) is 10.9. The first-order valence-corrected chi connectivity index (χ1v) is 5.32. The fraction of sp³-hybridized carbons (Fsp3) is 0.333. The largest absolute Gasteiger partial charge is 0.502 e. The van der Waals surface area contributed by atoms with Gasteiger partial charge >= 0.3 is 5.69 Å². The van der Waals surface area contributed by atoms with Crippen molar-refractivity contribution in [3.63, 3.8) is 0 Å². The molecule has 0 radical (unpaired) electrons. The first-order valence-electron chi connectivity index (χ1n) is 5.32. The van der Waals surface area contributed by atoms with Crippen LogP contribution in [0.2, 0.25) is 0 Å². The quantitative estimate of drug-likeness (QED) is 0.490. The Hall–Kier alpha value is -1.59. The molecule has 0 aromatic heterocycles. The lowest BCUT2D eigenvalue weighted by Crippen LogP contribution is -2.11. The molecule has 100 valence electrons. The van der Waals surface area contributed by atoms with E-state index in [4.69, 9.17) is 5.73 Å². The van der Waals surface area contributed by atoms with Crippen molar-refractivity contribution < 1.29 is 10.0 Å². The summed E-state index contributed by atoms with van der Waals surface area (Å²) in [5.41, 5.74) is 6.43. The Kier molecular flexibility index (Phi) is 6.36. The van der Waals surface area contributed by atoms with Gasteiger partial charge in [0, 0.05) is 17.2 Å². The summed E-state index contributed by atoms with van der Waals surface area (Å²) in [6.07, 6.45) is 3.01. The molecular formula is C12H17ClN2O3. The molecular weight excluding hydrogens is 256 g/mol. The van der Waals surface area contributed by atoms with E-state index >= 15 is 0 Å². The number of hydrogen-bond acceptors (Lipinski definition) is 4. The Bertz CT molecular complexity index is 449. The summed E-state index contributed by atoms with van der Waals surface area (Å²) in [6, 6.07) is 2.80. The smallest absolute Gasteiger partial charge is 0.313 e. The van der Waals surface area contributed by atoms with Gasteiger partial charge in [-0.2, -0.15) is 0 Å². The molecule has 0 aliphatic rings. The van der Waals surface area contributed by atoms with E-state index in [9.17, 15) is 15.2 Å². The monoisotopic (exact) mass is 272 g/mol. The fourth-order valence-electron chi connectivity index (χ4n) is 1.68. The number of benzene rings is 1. The second-order valence-electron chi connectivity index (χ2n) is 3.90. The molecule has 0 spiro atoms. The Labute approximate surface area is 112 Å². The second-order valence-corrected chi connectivity index (χ2v) is 3.90. The van der Waals surface area contributed by atoms with Crippen LogP contribution in [0.1, 0.15) is 30.0 Å². The summed E-state index contributed by atoms with van der Waals surface area (Å²) in [6.45, 7) is 5.16. The summed E-state index contributed by atoms with van der Waals surface area (Å²) in [5, 5.41) is 20.7. The van der Waals surface area contributed by atoms with Crippen LogP contribution in [0, 0.1) is 17.0 Å². The number of nitrogens with zero attached hydrogens (tertiary/aromatic N) is 1. The number of phenols is 1. The second kappa shape index (κ2) is 6.98. The predicted molar refractivity (Wildman–Crippen MR) is 73.1 cm³/mol. The van der Waals surface area contributed by atoms with Gasteiger partial charge < -0.3 is 10.8 Å². The number of nitrogens with two attached hydrogens (primary N) is 1. The van der Waals surface area contributed by atoms with Gasteiger partial charge in [0.2, 0.25) is 0 Å². The van der Waals surface area contributed by atoms with E-state index in [1.165, 1.54) is 0 Å². The van der Waals surface area contributed by atoms with E-state index < -0.39 is 11.0 Å². The highest BCUT2D eigenvalue weighted by Gasteiger charge is 2.22. The number of aryl methyl sites for hydroxylation is 1. The van der Waals surface area contributed by atoms with Crippen LogP contribution in [0.25, 0.3) is 0 Å². The Morgan fingerprint density at radius 2 is 2.22 bits per heavy atom. The molecule has 0 bridgehead atoms. The van der Waals surface area contributed by atoms with Crippen LogP contribution in [-0.2, 0) is 0 Å². The number of rotatable bonds is 5. The highest BCUT2D eigenvalue weighted by Crippen LogP contribution is 2.36. The van der Waals surface area contributed by atoms with Crippen molar-refractivity contribution in [1.82, 2.24) is 0 Å². The molecule has 1 aromatic rings. The van der Waals surface area contributed by atoms with Crippen molar-refractivity contribution in [2.45, 2.75) is 25.8 Å². The van der Waals surface area contributed by atoms with E-state index in [1.54, 1.807) is 25.1 Å². The van der Waals surface area contributed by atoms with Gasteiger partial charge in [-0.05, 0) is 19.8 Å². The molecule has 18 heavy (non-hydrogen) atoms. The van der Waals surface area contributed by atoms with Gasteiger partial charge in [0.15, 0.2) is 5.75 Å². The first-order chi connectivity index (χ1) is 7.99. The number of halogens is 1. The fourth-order valence-corrected chi connectivity index (χ4v) is 1.68. The van der Waals surface area contributed by atoms with Gasteiger partial charge in [-0.3, -0.25) is 10.1 Å². The summed E-state index contributed by atoms with van der Waals surface area (Å²) in [4.78, 5) is 10.2. The van der Waals surface area contributed by atoms with Crippen LogP contribution < -0.4 is 5.73 Å².